The summed E-state index contributed by atoms with van der Waals surface area (Å²) in [5.74, 6) is -1.41. The molecule has 10 heteroatoms. The lowest BCUT2D eigenvalue weighted by Crippen LogP contribution is -2.41. The third-order valence-corrected chi connectivity index (χ3v) is 4.79. The summed E-state index contributed by atoms with van der Waals surface area (Å²) in [6, 6.07) is 1.06. The first-order valence-corrected chi connectivity index (χ1v) is 7.72. The SMILES string of the molecule is Cl.NCC(NS(=O)(=O)c1ccc(F)c(C(F)(F)F)c1)C1CC1. The minimum atomic E-state index is -4.96. The van der Waals surface area contributed by atoms with Crippen molar-refractivity contribution in [3.05, 3.63) is 29.6 Å². The highest BCUT2D eigenvalue weighted by Gasteiger charge is 2.37. The molecular weight excluding hydrogens is 348 g/mol. The van der Waals surface area contributed by atoms with Crippen LogP contribution >= 0.6 is 12.4 Å². The molecule has 3 N–H and O–H groups in total. The number of halogens is 5. The van der Waals surface area contributed by atoms with Crippen molar-refractivity contribution in [2.45, 2.75) is 30.0 Å². The van der Waals surface area contributed by atoms with Gasteiger partial charge in [-0.3, -0.25) is 0 Å². The maximum Gasteiger partial charge on any atom is 0.419 e. The number of nitrogens with one attached hydrogen (secondary N) is 1. The molecule has 0 heterocycles. The normalized spacial score (nSPS) is 17.0. The zero-order valence-corrected chi connectivity index (χ0v) is 12.9. The predicted molar refractivity (Wildman–Crippen MR) is 74.5 cm³/mol. The molecule has 0 bridgehead atoms. The van der Waals surface area contributed by atoms with Gasteiger partial charge >= 0.3 is 6.18 Å². The van der Waals surface area contributed by atoms with Crippen LogP contribution in [0.15, 0.2) is 23.1 Å². The van der Waals surface area contributed by atoms with Crippen LogP contribution in [0.4, 0.5) is 17.6 Å². The molecule has 2 rings (SSSR count). The van der Waals surface area contributed by atoms with Crippen molar-refractivity contribution in [3.8, 4) is 0 Å². The van der Waals surface area contributed by atoms with E-state index >= 15 is 0 Å². The second-order valence-corrected chi connectivity index (χ2v) is 6.65. The van der Waals surface area contributed by atoms with Crippen LogP contribution < -0.4 is 10.5 Å². The number of hydrogen-bond donors (Lipinski definition) is 2. The van der Waals surface area contributed by atoms with Crippen molar-refractivity contribution in [1.82, 2.24) is 4.72 Å². The lowest BCUT2D eigenvalue weighted by Gasteiger charge is -2.17. The zero-order valence-electron chi connectivity index (χ0n) is 11.2. The fourth-order valence-electron chi connectivity index (χ4n) is 1.99. The van der Waals surface area contributed by atoms with Crippen molar-refractivity contribution < 1.29 is 26.0 Å². The van der Waals surface area contributed by atoms with Crippen molar-refractivity contribution in [1.29, 1.82) is 0 Å². The Bertz CT molecular complexity index is 633. The molecule has 1 unspecified atom stereocenters. The average molecular weight is 363 g/mol. The summed E-state index contributed by atoms with van der Waals surface area (Å²) >= 11 is 0. The molecule has 1 aliphatic rings. The van der Waals surface area contributed by atoms with Gasteiger partial charge in [-0.1, -0.05) is 0 Å². The molecule has 0 aromatic heterocycles. The largest absolute Gasteiger partial charge is 0.419 e. The van der Waals surface area contributed by atoms with Gasteiger partial charge < -0.3 is 5.73 Å². The van der Waals surface area contributed by atoms with E-state index in [0.717, 1.165) is 18.9 Å². The van der Waals surface area contributed by atoms with E-state index in [1.165, 1.54) is 0 Å². The molecule has 1 aromatic rings. The molecule has 4 nitrogen and oxygen atoms in total. The van der Waals surface area contributed by atoms with Gasteiger partial charge in [0.05, 0.1) is 10.5 Å². The highest BCUT2D eigenvalue weighted by Crippen LogP contribution is 2.34. The molecule has 0 amide bonds. The summed E-state index contributed by atoms with van der Waals surface area (Å²) < 4.78 is 77.4. The molecule has 1 atom stereocenters. The molecule has 1 aliphatic carbocycles. The number of nitrogens with two attached hydrogens (primary N) is 1. The Morgan fingerprint density at radius 2 is 1.91 bits per heavy atom. The molecule has 0 radical (unpaired) electrons. The van der Waals surface area contributed by atoms with E-state index in [4.69, 9.17) is 5.73 Å². The predicted octanol–water partition coefficient (Wildman–Crippen LogP) is 2.28. The summed E-state index contributed by atoms with van der Waals surface area (Å²) in [5.41, 5.74) is 3.85. The Morgan fingerprint density at radius 1 is 1.32 bits per heavy atom. The van der Waals surface area contributed by atoms with Crippen molar-refractivity contribution >= 4 is 22.4 Å². The number of benzene rings is 1. The number of sulfonamides is 1. The van der Waals surface area contributed by atoms with Crippen LogP contribution in [0.2, 0.25) is 0 Å². The highest BCUT2D eigenvalue weighted by atomic mass is 35.5. The zero-order chi connectivity index (χ0) is 15.8. The van der Waals surface area contributed by atoms with Gasteiger partial charge in [0.1, 0.15) is 5.82 Å². The summed E-state index contributed by atoms with van der Waals surface area (Å²) in [6.45, 7) is 0.0528. The second-order valence-electron chi connectivity index (χ2n) is 4.94. The van der Waals surface area contributed by atoms with Gasteiger partial charge in [0.2, 0.25) is 10.0 Å². The first-order chi connectivity index (χ1) is 9.65. The average Bonchev–Trinajstić information content (AvgIpc) is 3.19. The summed E-state index contributed by atoms with van der Waals surface area (Å²) in [4.78, 5) is -0.629. The van der Waals surface area contributed by atoms with Crippen LogP contribution in [0.3, 0.4) is 0 Å². The number of hydrogen-bond acceptors (Lipinski definition) is 3. The van der Waals surface area contributed by atoms with Crippen molar-refractivity contribution in [2.24, 2.45) is 11.7 Å². The van der Waals surface area contributed by atoms with Crippen molar-refractivity contribution in [3.63, 3.8) is 0 Å². The Balaban J connectivity index is 0.00000242. The summed E-state index contributed by atoms with van der Waals surface area (Å²) in [6.07, 6.45) is -3.32. The van der Waals surface area contributed by atoms with Crippen LogP contribution in [-0.2, 0) is 16.2 Å². The quantitative estimate of drug-likeness (QED) is 0.789. The van der Waals surface area contributed by atoms with E-state index in [2.05, 4.69) is 4.72 Å². The Hall–Kier alpha value is -0.900. The van der Waals surface area contributed by atoms with E-state index < -0.39 is 38.5 Å². The minimum absolute atomic E-state index is 0. The van der Waals surface area contributed by atoms with Crippen molar-refractivity contribution in [2.75, 3.05) is 6.54 Å². The summed E-state index contributed by atoms with van der Waals surface area (Å²) in [5, 5.41) is 0. The van der Waals surface area contributed by atoms with E-state index in [1.54, 1.807) is 0 Å². The van der Waals surface area contributed by atoms with Crippen LogP contribution in [0, 0.1) is 11.7 Å². The monoisotopic (exact) mass is 362 g/mol. The molecule has 0 spiro atoms. The molecule has 0 saturated heterocycles. The Labute approximate surface area is 131 Å². The highest BCUT2D eigenvalue weighted by molar-refractivity contribution is 7.89. The van der Waals surface area contributed by atoms with Gasteiger partial charge in [0.25, 0.3) is 0 Å². The van der Waals surface area contributed by atoms with Gasteiger partial charge in [-0.05, 0) is 37.0 Å². The number of alkyl halides is 3. The van der Waals surface area contributed by atoms with Gasteiger partial charge in [0.15, 0.2) is 0 Å². The summed E-state index contributed by atoms with van der Waals surface area (Å²) in [7, 11) is -4.17. The van der Waals surface area contributed by atoms with E-state index in [1.807, 2.05) is 0 Å². The lowest BCUT2D eigenvalue weighted by molar-refractivity contribution is -0.140. The fourth-order valence-corrected chi connectivity index (χ4v) is 3.34. The second kappa shape index (κ2) is 6.69. The topological polar surface area (TPSA) is 72.2 Å². The molecule has 1 aromatic carbocycles. The fraction of sp³-hybridized carbons (Fsp3) is 0.500. The molecule has 0 aliphatic heterocycles. The van der Waals surface area contributed by atoms with Gasteiger partial charge in [0, 0.05) is 12.6 Å². The van der Waals surface area contributed by atoms with E-state index in [0.29, 0.717) is 6.07 Å². The number of rotatable bonds is 5. The van der Waals surface area contributed by atoms with E-state index in [9.17, 15) is 26.0 Å². The third kappa shape index (κ3) is 4.31. The molecule has 1 fully saturated rings. The van der Waals surface area contributed by atoms with Crippen LogP contribution in [0.25, 0.3) is 0 Å². The maximum atomic E-state index is 13.2. The Kier molecular flexibility index (Phi) is 5.82. The first-order valence-electron chi connectivity index (χ1n) is 6.24. The van der Waals surface area contributed by atoms with Crippen LogP contribution in [-0.4, -0.2) is 21.0 Å². The smallest absolute Gasteiger partial charge is 0.329 e. The third-order valence-electron chi connectivity index (χ3n) is 3.31. The molecular formula is C12H15ClF4N2O2S. The van der Waals surface area contributed by atoms with Crippen LogP contribution in [0.5, 0.6) is 0 Å². The molecule has 1 saturated carbocycles. The van der Waals surface area contributed by atoms with E-state index in [-0.39, 0.29) is 30.9 Å². The molecule has 22 heavy (non-hydrogen) atoms. The lowest BCUT2D eigenvalue weighted by atomic mass is 10.2. The van der Waals surface area contributed by atoms with Gasteiger partial charge in [-0.15, -0.1) is 12.4 Å². The first kappa shape index (κ1) is 19.1. The molecule has 126 valence electrons. The standard InChI is InChI=1S/C12H14F4N2O2S.ClH/c13-10-4-3-8(5-9(10)12(14,15)16)21(19,20)18-11(6-17)7-1-2-7;/h3-5,7,11,18H,1-2,6,17H2;1H. The minimum Gasteiger partial charge on any atom is -0.329 e. The van der Waals surface area contributed by atoms with Crippen LogP contribution in [0.1, 0.15) is 18.4 Å². The maximum absolute atomic E-state index is 13.2. The van der Waals surface area contributed by atoms with Gasteiger partial charge in [-0.2, -0.15) is 13.2 Å². The van der Waals surface area contributed by atoms with Gasteiger partial charge in [-0.25, -0.2) is 17.5 Å². The Morgan fingerprint density at radius 3 is 2.36 bits per heavy atom.